The molecule has 3 aliphatic heterocycles. The second-order valence-corrected chi connectivity index (χ2v) is 8.28. The smallest absolute Gasteiger partial charge is 0.250 e. The Morgan fingerprint density at radius 1 is 1.04 bits per heavy atom. The highest BCUT2D eigenvalue weighted by Gasteiger charge is 2.39. The molecule has 5 rings (SSSR count). The molecule has 2 bridgehead atoms. The molecule has 0 spiro atoms. The van der Waals surface area contributed by atoms with Crippen molar-refractivity contribution >= 4 is 11.9 Å². The highest BCUT2D eigenvalue weighted by Crippen LogP contribution is 2.36. The van der Waals surface area contributed by atoms with Crippen LogP contribution in [0.5, 0.6) is 0 Å². The fourth-order valence-corrected chi connectivity index (χ4v) is 5.15. The molecule has 1 amide bonds. The van der Waals surface area contributed by atoms with Crippen molar-refractivity contribution in [3.63, 3.8) is 0 Å². The van der Waals surface area contributed by atoms with Crippen LogP contribution in [0.3, 0.4) is 0 Å². The van der Waals surface area contributed by atoms with Gasteiger partial charge in [-0.3, -0.25) is 9.59 Å². The molecule has 3 atom stereocenters. The zero-order valence-corrected chi connectivity index (χ0v) is 15.9. The summed E-state index contributed by atoms with van der Waals surface area (Å²) in [5.74, 6) is 1.59. The van der Waals surface area contributed by atoms with Crippen molar-refractivity contribution in [1.82, 2.24) is 19.4 Å². The second-order valence-electron chi connectivity index (χ2n) is 8.28. The Morgan fingerprint density at radius 3 is 2.75 bits per heavy atom. The molecule has 28 heavy (non-hydrogen) atoms. The highest BCUT2D eigenvalue weighted by molar-refractivity contribution is 5.80. The number of carbonyl (C=O) groups is 1. The molecular formula is C21H25N5O2. The molecule has 2 aromatic rings. The zero-order chi connectivity index (χ0) is 19.1. The van der Waals surface area contributed by atoms with Gasteiger partial charge in [-0.05, 0) is 37.3 Å². The molecule has 3 aliphatic rings. The van der Waals surface area contributed by atoms with Crippen LogP contribution in [0, 0.1) is 11.8 Å². The molecular weight excluding hydrogens is 354 g/mol. The van der Waals surface area contributed by atoms with Crippen LogP contribution < -0.4 is 10.5 Å². The Hall–Kier alpha value is -2.70. The molecule has 2 fully saturated rings. The van der Waals surface area contributed by atoms with Crippen LogP contribution in [-0.4, -0.2) is 51.5 Å². The molecule has 7 heteroatoms. The zero-order valence-electron chi connectivity index (χ0n) is 15.9. The number of piperidine rings is 2. The van der Waals surface area contributed by atoms with Crippen LogP contribution in [0.2, 0.25) is 0 Å². The second kappa shape index (κ2) is 7.04. The van der Waals surface area contributed by atoms with E-state index in [9.17, 15) is 9.59 Å². The molecule has 5 heterocycles. The maximum Gasteiger partial charge on any atom is 0.250 e. The van der Waals surface area contributed by atoms with E-state index in [1.807, 2.05) is 22.8 Å². The Bertz CT molecular complexity index is 928. The van der Waals surface area contributed by atoms with Crippen LogP contribution in [0.25, 0.3) is 0 Å². The number of amides is 1. The summed E-state index contributed by atoms with van der Waals surface area (Å²) in [6, 6.07) is 7.33. The lowest BCUT2D eigenvalue weighted by molar-refractivity contribution is -0.138. The number of hydrogen-bond donors (Lipinski definition) is 0. The standard InChI is InChI=1S/C21H25N5O2/c27-19-6-1-5-18-17-10-15(12-26(18)19)11-25(14-17)20(28)16-4-2-9-24(13-16)21-22-7-3-8-23-21/h1,3,5-8,15-17H,2,4,9-14H2/t15-,16-,17+/m1/s1. The third-order valence-corrected chi connectivity index (χ3v) is 6.40. The molecule has 0 aliphatic carbocycles. The lowest BCUT2D eigenvalue weighted by Gasteiger charge is -2.44. The first-order valence-corrected chi connectivity index (χ1v) is 10.2. The predicted molar refractivity (Wildman–Crippen MR) is 105 cm³/mol. The fourth-order valence-electron chi connectivity index (χ4n) is 5.15. The molecule has 0 saturated carbocycles. The predicted octanol–water partition coefficient (Wildman–Crippen LogP) is 1.50. The van der Waals surface area contributed by atoms with Gasteiger partial charge in [0.1, 0.15) is 0 Å². The van der Waals surface area contributed by atoms with Crippen LogP contribution in [0.4, 0.5) is 5.95 Å². The summed E-state index contributed by atoms with van der Waals surface area (Å²) in [6.07, 6.45) is 6.47. The van der Waals surface area contributed by atoms with Gasteiger partial charge in [-0.2, -0.15) is 0 Å². The van der Waals surface area contributed by atoms with Gasteiger partial charge in [0.2, 0.25) is 11.9 Å². The largest absolute Gasteiger partial charge is 0.341 e. The van der Waals surface area contributed by atoms with Crippen LogP contribution in [0.15, 0.2) is 41.5 Å². The van der Waals surface area contributed by atoms with E-state index < -0.39 is 0 Å². The summed E-state index contributed by atoms with van der Waals surface area (Å²) in [6.45, 7) is 3.79. The van der Waals surface area contributed by atoms with Gasteiger partial charge in [-0.25, -0.2) is 9.97 Å². The number of anilines is 1. The number of pyridine rings is 1. The van der Waals surface area contributed by atoms with Gasteiger partial charge in [-0.15, -0.1) is 0 Å². The lowest BCUT2D eigenvalue weighted by atomic mass is 9.82. The first-order chi connectivity index (χ1) is 13.7. The molecule has 2 saturated heterocycles. The minimum absolute atomic E-state index is 0.00523. The van der Waals surface area contributed by atoms with E-state index in [0.717, 1.165) is 51.1 Å². The van der Waals surface area contributed by atoms with E-state index in [1.54, 1.807) is 18.5 Å². The maximum absolute atomic E-state index is 13.3. The van der Waals surface area contributed by atoms with E-state index in [1.165, 1.54) is 0 Å². The summed E-state index contributed by atoms with van der Waals surface area (Å²) in [5.41, 5.74) is 1.17. The topological polar surface area (TPSA) is 71.3 Å². The Morgan fingerprint density at radius 2 is 1.89 bits per heavy atom. The minimum atomic E-state index is -0.00523. The number of likely N-dealkylation sites (tertiary alicyclic amines) is 1. The maximum atomic E-state index is 13.3. The fraction of sp³-hybridized carbons (Fsp3) is 0.524. The third-order valence-electron chi connectivity index (χ3n) is 6.40. The number of carbonyl (C=O) groups excluding carboxylic acids is 1. The van der Waals surface area contributed by atoms with Crippen molar-refractivity contribution in [2.75, 3.05) is 31.1 Å². The van der Waals surface area contributed by atoms with Gasteiger partial charge in [0.15, 0.2) is 0 Å². The van der Waals surface area contributed by atoms with Gasteiger partial charge in [0, 0.05) is 62.8 Å². The summed E-state index contributed by atoms with van der Waals surface area (Å²) in [5, 5.41) is 0. The quantitative estimate of drug-likeness (QED) is 0.791. The molecule has 2 aromatic heterocycles. The number of hydrogen-bond acceptors (Lipinski definition) is 5. The average Bonchev–Trinajstić information content (AvgIpc) is 2.75. The SMILES string of the molecule is O=C([C@@H]1CCCN(c2ncccn2)C1)N1C[C@H]2C[C@@H](C1)c1cccc(=O)n1C2. The van der Waals surface area contributed by atoms with Crippen molar-refractivity contribution < 1.29 is 4.79 Å². The molecule has 0 N–H and O–H groups in total. The molecule has 7 nitrogen and oxygen atoms in total. The van der Waals surface area contributed by atoms with Crippen molar-refractivity contribution in [3.8, 4) is 0 Å². The molecule has 0 radical (unpaired) electrons. The van der Waals surface area contributed by atoms with Crippen LogP contribution >= 0.6 is 0 Å². The van der Waals surface area contributed by atoms with Gasteiger partial charge in [0.25, 0.3) is 5.56 Å². The number of rotatable bonds is 2. The molecule has 146 valence electrons. The Balaban J connectivity index is 1.32. The third kappa shape index (κ3) is 3.08. The van der Waals surface area contributed by atoms with Gasteiger partial charge in [0.05, 0.1) is 5.92 Å². The van der Waals surface area contributed by atoms with E-state index in [2.05, 4.69) is 19.8 Å². The number of nitrogens with zero attached hydrogens (tertiary/aromatic N) is 5. The van der Waals surface area contributed by atoms with E-state index in [0.29, 0.717) is 18.4 Å². The summed E-state index contributed by atoms with van der Waals surface area (Å²) in [7, 11) is 0. The number of aromatic nitrogens is 3. The molecule has 0 unspecified atom stereocenters. The van der Waals surface area contributed by atoms with Crippen molar-refractivity contribution in [1.29, 1.82) is 0 Å². The van der Waals surface area contributed by atoms with Crippen molar-refractivity contribution in [2.45, 2.75) is 31.7 Å². The van der Waals surface area contributed by atoms with Gasteiger partial charge >= 0.3 is 0 Å². The Kier molecular flexibility index (Phi) is 4.37. The summed E-state index contributed by atoms with van der Waals surface area (Å²) >= 11 is 0. The summed E-state index contributed by atoms with van der Waals surface area (Å²) < 4.78 is 1.91. The van der Waals surface area contributed by atoms with Crippen molar-refractivity contribution in [2.24, 2.45) is 11.8 Å². The summed E-state index contributed by atoms with van der Waals surface area (Å²) in [4.78, 5) is 38.4. The minimum Gasteiger partial charge on any atom is -0.341 e. The Labute approximate surface area is 164 Å². The van der Waals surface area contributed by atoms with Gasteiger partial charge < -0.3 is 14.4 Å². The average molecular weight is 379 g/mol. The van der Waals surface area contributed by atoms with E-state index >= 15 is 0 Å². The number of fused-ring (bicyclic) bond motifs is 4. The lowest BCUT2D eigenvalue weighted by Crippen LogP contribution is -2.52. The van der Waals surface area contributed by atoms with Crippen LogP contribution in [-0.2, 0) is 11.3 Å². The van der Waals surface area contributed by atoms with E-state index in [4.69, 9.17) is 0 Å². The van der Waals surface area contributed by atoms with Gasteiger partial charge in [-0.1, -0.05) is 6.07 Å². The first-order valence-electron chi connectivity index (χ1n) is 10.2. The monoisotopic (exact) mass is 379 g/mol. The first kappa shape index (κ1) is 17.4. The highest BCUT2D eigenvalue weighted by atomic mass is 16.2. The van der Waals surface area contributed by atoms with Crippen molar-refractivity contribution in [3.05, 3.63) is 52.7 Å². The normalized spacial score (nSPS) is 26.6. The van der Waals surface area contributed by atoms with E-state index in [-0.39, 0.29) is 23.3 Å². The van der Waals surface area contributed by atoms with Crippen LogP contribution in [0.1, 0.15) is 30.9 Å². The molecule has 0 aromatic carbocycles.